The number of rotatable bonds is 7. The van der Waals surface area contributed by atoms with Crippen LogP contribution < -0.4 is 14.3 Å². The summed E-state index contributed by atoms with van der Waals surface area (Å²) >= 11 is 1.42. The lowest BCUT2D eigenvalue weighted by molar-refractivity contribution is -0.0533. The fourth-order valence-corrected chi connectivity index (χ4v) is 3.17. The summed E-state index contributed by atoms with van der Waals surface area (Å²) in [5, 5.41) is 4.77. The molecule has 0 spiro atoms. The summed E-state index contributed by atoms with van der Waals surface area (Å²) in [6, 6.07) is 4.56. The average molecular weight is 407 g/mol. The van der Waals surface area contributed by atoms with Crippen molar-refractivity contribution >= 4 is 17.0 Å². The van der Waals surface area contributed by atoms with Crippen molar-refractivity contribution in [1.82, 2.24) is 19.9 Å². The molecule has 0 aliphatic heterocycles. The van der Waals surface area contributed by atoms with Crippen LogP contribution in [0.2, 0.25) is 0 Å². The van der Waals surface area contributed by atoms with E-state index < -0.39 is 12.5 Å². The van der Waals surface area contributed by atoms with Gasteiger partial charge in [0.1, 0.15) is 5.01 Å². The van der Waals surface area contributed by atoms with Crippen molar-refractivity contribution in [3.8, 4) is 28.3 Å². The molecule has 28 heavy (non-hydrogen) atoms. The van der Waals surface area contributed by atoms with E-state index >= 15 is 0 Å². The highest BCUT2D eigenvalue weighted by molar-refractivity contribution is 7.17. The monoisotopic (exact) mass is 407 g/mol. The molecule has 3 aromatic heterocycles. The van der Waals surface area contributed by atoms with Gasteiger partial charge in [-0.15, -0.1) is 11.3 Å². The van der Waals surface area contributed by atoms with E-state index in [-0.39, 0.29) is 11.9 Å². The van der Waals surface area contributed by atoms with Gasteiger partial charge < -0.3 is 14.3 Å². The molecule has 0 fully saturated rings. The third kappa shape index (κ3) is 4.74. The fourth-order valence-electron chi connectivity index (χ4n) is 2.18. The summed E-state index contributed by atoms with van der Waals surface area (Å²) in [5.41, 5.74) is 2.18. The third-order valence-electron chi connectivity index (χ3n) is 3.38. The van der Waals surface area contributed by atoms with E-state index in [1.807, 2.05) is 19.1 Å². The van der Waals surface area contributed by atoms with Crippen LogP contribution in [-0.2, 0) is 0 Å². The maximum absolute atomic E-state index is 12.4. The smallest absolute Gasteiger partial charge is 0.388 e. The predicted octanol–water partition coefficient (Wildman–Crippen LogP) is 3.72. The van der Waals surface area contributed by atoms with Crippen LogP contribution in [0.3, 0.4) is 0 Å². The first-order valence-electron chi connectivity index (χ1n) is 7.94. The Kier molecular flexibility index (Phi) is 6.04. The summed E-state index contributed by atoms with van der Waals surface area (Å²) in [7, 11) is 1.33. The van der Waals surface area contributed by atoms with Crippen molar-refractivity contribution in [2.24, 2.45) is 5.16 Å². The molecule has 0 bridgehead atoms. The first kappa shape index (κ1) is 19.5. The molecule has 0 saturated carbocycles. The molecule has 0 amide bonds. The minimum absolute atomic E-state index is 0.00124. The second-order valence-corrected chi connectivity index (χ2v) is 6.35. The largest absolute Gasteiger partial charge is 0.481 e. The van der Waals surface area contributed by atoms with Gasteiger partial charge in [0, 0.05) is 18.0 Å². The van der Waals surface area contributed by atoms with Gasteiger partial charge in [0.25, 0.3) is 0 Å². The van der Waals surface area contributed by atoms with Gasteiger partial charge in [-0.3, -0.25) is 4.98 Å². The lowest BCUT2D eigenvalue weighted by Crippen LogP contribution is -2.06. The second-order valence-electron chi connectivity index (χ2n) is 5.35. The summed E-state index contributed by atoms with van der Waals surface area (Å²) in [6.07, 6.45) is 3.41. The maximum Gasteiger partial charge on any atom is 0.388 e. The molecule has 0 aliphatic carbocycles. The number of methoxy groups -OCH3 is 1. The molecule has 146 valence electrons. The van der Waals surface area contributed by atoms with E-state index in [4.69, 9.17) is 9.57 Å². The Bertz CT molecular complexity index is 982. The molecule has 11 heteroatoms. The number of thiazole rings is 1. The van der Waals surface area contributed by atoms with Crippen LogP contribution in [0.1, 0.15) is 17.5 Å². The van der Waals surface area contributed by atoms with Gasteiger partial charge in [0.15, 0.2) is 0 Å². The zero-order valence-corrected chi connectivity index (χ0v) is 15.9. The molecular formula is C17H15F2N5O3S. The molecule has 0 unspecified atom stereocenters. The van der Waals surface area contributed by atoms with Gasteiger partial charge in [-0.25, -0.2) is 4.98 Å². The number of alkyl halides is 2. The number of oxime groups is 1. The van der Waals surface area contributed by atoms with Crippen molar-refractivity contribution in [2.45, 2.75) is 20.5 Å². The number of ether oxygens (including phenoxy) is 2. The Labute approximate surface area is 162 Å². The number of hydrogen-bond donors (Lipinski definition) is 0. The van der Waals surface area contributed by atoms with E-state index in [9.17, 15) is 8.78 Å². The van der Waals surface area contributed by atoms with E-state index in [1.165, 1.54) is 18.4 Å². The normalized spacial score (nSPS) is 11.6. The van der Waals surface area contributed by atoms with E-state index in [2.05, 4.69) is 29.8 Å². The number of halogens is 2. The minimum Gasteiger partial charge on any atom is -0.481 e. The fraction of sp³-hybridized carbons (Fsp3) is 0.235. The van der Waals surface area contributed by atoms with Gasteiger partial charge in [-0.05, 0) is 26.0 Å². The van der Waals surface area contributed by atoms with Crippen molar-refractivity contribution < 1.29 is 23.1 Å². The zero-order chi connectivity index (χ0) is 20.1. The van der Waals surface area contributed by atoms with Crippen LogP contribution in [0.4, 0.5) is 8.78 Å². The lowest BCUT2D eigenvalue weighted by Gasteiger charge is -2.06. The van der Waals surface area contributed by atoms with Crippen LogP contribution in [0, 0.1) is 6.92 Å². The van der Waals surface area contributed by atoms with Crippen molar-refractivity contribution in [2.75, 3.05) is 7.11 Å². The SMILES string of the molecule is COc1cc(OC(F)F)nc(ON=C(C)c2sc(-c3cccnc3)nc2C)n1. The Morgan fingerprint density at radius 3 is 2.68 bits per heavy atom. The van der Waals surface area contributed by atoms with Gasteiger partial charge in [-0.2, -0.15) is 18.7 Å². The highest BCUT2D eigenvalue weighted by Gasteiger charge is 2.14. The van der Waals surface area contributed by atoms with Gasteiger partial charge >= 0.3 is 12.6 Å². The first-order chi connectivity index (χ1) is 13.5. The lowest BCUT2D eigenvalue weighted by atomic mass is 10.3. The third-order valence-corrected chi connectivity index (χ3v) is 4.69. The van der Waals surface area contributed by atoms with Crippen LogP contribution in [0.5, 0.6) is 17.8 Å². The Morgan fingerprint density at radius 1 is 1.21 bits per heavy atom. The molecule has 0 aromatic carbocycles. The van der Waals surface area contributed by atoms with Gasteiger partial charge in [-0.1, -0.05) is 5.16 Å². The highest BCUT2D eigenvalue weighted by atomic mass is 32.1. The van der Waals surface area contributed by atoms with Gasteiger partial charge in [0.05, 0.1) is 29.5 Å². The van der Waals surface area contributed by atoms with Crippen molar-refractivity contribution in [3.63, 3.8) is 0 Å². The van der Waals surface area contributed by atoms with Crippen LogP contribution in [-0.4, -0.2) is 39.4 Å². The number of nitrogens with zero attached hydrogens (tertiary/aromatic N) is 5. The quantitative estimate of drug-likeness (QED) is 0.435. The molecule has 0 aliphatic rings. The van der Waals surface area contributed by atoms with Crippen LogP contribution >= 0.6 is 11.3 Å². The molecule has 0 saturated heterocycles. The number of aromatic nitrogens is 4. The summed E-state index contributed by atoms with van der Waals surface area (Å²) in [5.74, 6) is -0.390. The van der Waals surface area contributed by atoms with Crippen molar-refractivity contribution in [1.29, 1.82) is 0 Å². The number of hydrogen-bond acceptors (Lipinski definition) is 9. The molecule has 8 nitrogen and oxygen atoms in total. The first-order valence-corrected chi connectivity index (χ1v) is 8.75. The number of aryl methyl sites for hydroxylation is 1. The molecule has 0 N–H and O–H groups in total. The summed E-state index contributed by atoms with van der Waals surface area (Å²) in [6.45, 7) is 0.537. The van der Waals surface area contributed by atoms with Crippen LogP contribution in [0.25, 0.3) is 10.6 Å². The molecule has 0 radical (unpaired) electrons. The Hall–Kier alpha value is -3.21. The zero-order valence-electron chi connectivity index (χ0n) is 15.1. The predicted molar refractivity (Wildman–Crippen MR) is 98.1 cm³/mol. The molecule has 3 heterocycles. The molecule has 3 rings (SSSR count). The van der Waals surface area contributed by atoms with Crippen molar-refractivity contribution in [3.05, 3.63) is 41.2 Å². The van der Waals surface area contributed by atoms with Gasteiger partial charge in [0.2, 0.25) is 11.8 Å². The molecule has 0 atom stereocenters. The van der Waals surface area contributed by atoms with E-state index in [0.717, 1.165) is 27.2 Å². The minimum atomic E-state index is -3.04. The molecule has 3 aromatic rings. The van der Waals surface area contributed by atoms with E-state index in [0.29, 0.717) is 5.71 Å². The summed E-state index contributed by atoms with van der Waals surface area (Å²) < 4.78 is 34.0. The average Bonchev–Trinajstić information content (AvgIpc) is 3.08. The highest BCUT2D eigenvalue weighted by Crippen LogP contribution is 2.28. The van der Waals surface area contributed by atoms with Crippen LogP contribution in [0.15, 0.2) is 35.7 Å². The standard InChI is InChI=1S/C17H15F2N5O3S/c1-9-14(28-15(21-9)11-5-4-6-20-8-11)10(2)24-27-17-22-12(25-3)7-13(23-17)26-16(18)19/h4-8,16H,1-3H3. The Balaban J connectivity index is 1.82. The second kappa shape index (κ2) is 8.65. The number of pyridine rings is 1. The topological polar surface area (TPSA) is 91.6 Å². The van der Waals surface area contributed by atoms with E-state index in [1.54, 1.807) is 19.3 Å². The molecular weight excluding hydrogens is 392 g/mol. The maximum atomic E-state index is 12.4. The summed E-state index contributed by atoms with van der Waals surface area (Å²) in [4.78, 5) is 22.2. The Morgan fingerprint density at radius 2 is 2.00 bits per heavy atom.